The van der Waals surface area contributed by atoms with Crippen molar-refractivity contribution in [2.75, 3.05) is 0 Å². The monoisotopic (exact) mass is 365 g/mol. The fourth-order valence-electron chi connectivity index (χ4n) is 2.37. The molecule has 0 aliphatic carbocycles. The number of thiophene rings is 1. The smallest absolute Gasteiger partial charge is 0.387 e. The third-order valence-electron chi connectivity index (χ3n) is 3.67. The Bertz CT molecular complexity index is 809. The lowest BCUT2D eigenvalue weighted by Gasteiger charge is -2.21. The van der Waals surface area contributed by atoms with Crippen LogP contribution in [0.3, 0.4) is 0 Å². The lowest BCUT2D eigenvalue weighted by atomic mass is 9.92. The lowest BCUT2D eigenvalue weighted by Crippen LogP contribution is -2.40. The van der Waals surface area contributed by atoms with Gasteiger partial charge in [-0.15, -0.1) is 16.3 Å². The van der Waals surface area contributed by atoms with Crippen LogP contribution < -0.4 is 10.1 Å². The summed E-state index contributed by atoms with van der Waals surface area (Å²) in [6.45, 7) is -1.41. The van der Waals surface area contributed by atoms with Gasteiger partial charge in [0.1, 0.15) is 11.3 Å². The highest BCUT2D eigenvalue weighted by Gasteiger charge is 2.49. The average Bonchev–Trinajstić information content (AvgIpc) is 3.14. The number of hydrazone groups is 1. The number of nitrogens with zero attached hydrogens (tertiary/aromatic N) is 2. The quantitative estimate of drug-likeness (QED) is 0.654. The summed E-state index contributed by atoms with van der Waals surface area (Å²) in [7, 11) is 0. The molecule has 9 heteroatoms. The summed E-state index contributed by atoms with van der Waals surface area (Å²) in [5.74, 6) is -0.598. The molecule has 2 heterocycles. The van der Waals surface area contributed by atoms with E-state index in [1.54, 1.807) is 6.07 Å². The Balaban J connectivity index is 1.81. The van der Waals surface area contributed by atoms with Gasteiger partial charge in [0.25, 0.3) is 5.91 Å². The molecule has 0 bridgehead atoms. The minimum Gasteiger partial charge on any atom is -0.435 e. The number of halogens is 2. The van der Waals surface area contributed by atoms with Crippen molar-refractivity contribution >= 4 is 29.5 Å². The molecule has 3 rings (SSSR count). The first kappa shape index (κ1) is 17.0. The van der Waals surface area contributed by atoms with Gasteiger partial charge in [-0.2, -0.15) is 13.9 Å². The molecule has 130 valence electrons. The second-order valence-corrected chi connectivity index (χ2v) is 6.31. The molecule has 2 aromatic rings. The number of rotatable bonds is 5. The molecule has 1 fully saturated rings. The summed E-state index contributed by atoms with van der Waals surface area (Å²) < 4.78 is 28.7. The van der Waals surface area contributed by atoms with Crippen molar-refractivity contribution in [3.63, 3.8) is 0 Å². The van der Waals surface area contributed by atoms with E-state index in [-0.39, 0.29) is 5.75 Å². The van der Waals surface area contributed by atoms with Gasteiger partial charge in [0.15, 0.2) is 0 Å². The molecule has 1 saturated heterocycles. The van der Waals surface area contributed by atoms with Gasteiger partial charge in [-0.05, 0) is 36.1 Å². The zero-order valence-electron chi connectivity index (χ0n) is 13.0. The molecule has 1 atom stereocenters. The summed E-state index contributed by atoms with van der Waals surface area (Å²) in [4.78, 5) is 25.5. The second kappa shape index (κ2) is 6.60. The van der Waals surface area contributed by atoms with Crippen LogP contribution in [0.4, 0.5) is 13.6 Å². The molecule has 1 aliphatic heterocycles. The third-order valence-corrected chi connectivity index (χ3v) is 4.48. The van der Waals surface area contributed by atoms with E-state index in [9.17, 15) is 18.4 Å². The number of urea groups is 1. The standard InChI is InChI=1S/C16H13F2N3O3S/c1-16(10-4-6-11(7-5-10)24-14(17)18)13(22)21(15(23)20-16)19-9-12-3-2-8-25-12/h2-9,14H,1H3,(H,20,23)/b19-9-/t16-/m0/s1. The van der Waals surface area contributed by atoms with Crippen molar-refractivity contribution in [2.24, 2.45) is 5.10 Å². The Hall–Kier alpha value is -2.81. The molecule has 0 saturated carbocycles. The minimum absolute atomic E-state index is 0.0355. The Kier molecular flexibility index (Phi) is 4.49. The van der Waals surface area contributed by atoms with E-state index >= 15 is 0 Å². The second-order valence-electron chi connectivity index (χ2n) is 5.33. The Labute approximate surface area is 145 Å². The number of carbonyl (C=O) groups excluding carboxylic acids is 2. The number of hydrogen-bond acceptors (Lipinski definition) is 5. The van der Waals surface area contributed by atoms with Gasteiger partial charge >= 0.3 is 12.6 Å². The van der Waals surface area contributed by atoms with Gasteiger partial charge in [-0.25, -0.2) is 4.79 Å². The maximum atomic E-state index is 12.6. The van der Waals surface area contributed by atoms with Gasteiger partial charge in [0, 0.05) is 4.88 Å². The number of alkyl halides is 2. The first-order chi connectivity index (χ1) is 11.9. The highest BCUT2D eigenvalue weighted by Crippen LogP contribution is 2.30. The van der Waals surface area contributed by atoms with E-state index in [0.717, 1.165) is 9.89 Å². The van der Waals surface area contributed by atoms with Gasteiger partial charge in [0.2, 0.25) is 0 Å². The van der Waals surface area contributed by atoms with Gasteiger partial charge in [-0.3, -0.25) is 4.79 Å². The molecule has 6 nitrogen and oxygen atoms in total. The predicted octanol–water partition coefficient (Wildman–Crippen LogP) is 3.15. The van der Waals surface area contributed by atoms with E-state index in [4.69, 9.17) is 0 Å². The lowest BCUT2D eigenvalue weighted by molar-refractivity contribution is -0.131. The highest BCUT2D eigenvalue weighted by atomic mass is 32.1. The number of imide groups is 1. The van der Waals surface area contributed by atoms with Crippen LogP contribution >= 0.6 is 11.3 Å². The maximum absolute atomic E-state index is 12.6. The van der Waals surface area contributed by atoms with Gasteiger partial charge in [0.05, 0.1) is 6.21 Å². The molecular weight excluding hydrogens is 352 g/mol. The van der Waals surface area contributed by atoms with Crippen LogP contribution in [-0.2, 0) is 10.3 Å². The molecular formula is C16H13F2N3O3S. The SMILES string of the molecule is C[C@@]1(c2ccc(OC(F)F)cc2)NC(=O)N(/N=C\c2cccs2)C1=O. The highest BCUT2D eigenvalue weighted by molar-refractivity contribution is 7.11. The van der Waals surface area contributed by atoms with Crippen molar-refractivity contribution in [3.05, 3.63) is 52.2 Å². The molecule has 0 spiro atoms. The molecule has 1 aliphatic rings. The number of amides is 3. The molecule has 0 unspecified atom stereocenters. The van der Waals surface area contributed by atoms with Crippen LogP contribution in [0.25, 0.3) is 0 Å². The van der Waals surface area contributed by atoms with Crippen LogP contribution in [0.5, 0.6) is 5.75 Å². The number of hydrogen-bond donors (Lipinski definition) is 1. The van der Waals surface area contributed by atoms with E-state index in [1.807, 2.05) is 11.4 Å². The summed E-state index contributed by atoms with van der Waals surface area (Å²) >= 11 is 1.42. The van der Waals surface area contributed by atoms with Crippen molar-refractivity contribution in [3.8, 4) is 5.75 Å². The van der Waals surface area contributed by atoms with Crippen LogP contribution in [0.2, 0.25) is 0 Å². The summed E-state index contributed by atoms with van der Waals surface area (Å²) in [5, 5.41) is 9.11. The summed E-state index contributed by atoms with van der Waals surface area (Å²) in [6, 6.07) is 8.48. The third kappa shape index (κ3) is 3.36. The normalized spacial score (nSPS) is 20.6. The molecule has 3 amide bonds. The molecule has 1 aromatic heterocycles. The van der Waals surface area contributed by atoms with Gasteiger partial charge in [-0.1, -0.05) is 18.2 Å². The fourth-order valence-corrected chi connectivity index (χ4v) is 2.95. The van der Waals surface area contributed by atoms with Crippen molar-refractivity contribution in [1.29, 1.82) is 0 Å². The van der Waals surface area contributed by atoms with Crippen molar-refractivity contribution in [2.45, 2.75) is 19.1 Å². The number of ether oxygens (including phenoxy) is 1. The van der Waals surface area contributed by atoms with Crippen LogP contribution in [0.1, 0.15) is 17.4 Å². The largest absolute Gasteiger partial charge is 0.435 e. The fraction of sp³-hybridized carbons (Fsp3) is 0.188. The first-order valence-corrected chi connectivity index (χ1v) is 8.07. The Morgan fingerprint density at radius 2 is 2.00 bits per heavy atom. The number of nitrogens with one attached hydrogen (secondary N) is 1. The molecule has 1 aromatic carbocycles. The first-order valence-electron chi connectivity index (χ1n) is 7.20. The number of carbonyl (C=O) groups is 2. The summed E-state index contributed by atoms with van der Waals surface area (Å²) in [6.07, 6.45) is 1.42. The van der Waals surface area contributed by atoms with Crippen LogP contribution in [-0.4, -0.2) is 29.8 Å². The molecule has 25 heavy (non-hydrogen) atoms. The van der Waals surface area contributed by atoms with E-state index in [2.05, 4.69) is 15.2 Å². The van der Waals surface area contributed by atoms with E-state index < -0.39 is 24.1 Å². The topological polar surface area (TPSA) is 71.0 Å². The minimum atomic E-state index is -2.93. The zero-order valence-corrected chi connectivity index (χ0v) is 13.8. The van der Waals surface area contributed by atoms with Gasteiger partial charge < -0.3 is 10.1 Å². The number of benzene rings is 1. The molecule has 1 N–H and O–H groups in total. The van der Waals surface area contributed by atoms with E-state index in [1.165, 1.54) is 48.7 Å². The Morgan fingerprint density at radius 1 is 1.28 bits per heavy atom. The van der Waals surface area contributed by atoms with Crippen LogP contribution in [0, 0.1) is 0 Å². The predicted molar refractivity (Wildman–Crippen MR) is 87.7 cm³/mol. The maximum Gasteiger partial charge on any atom is 0.387 e. The van der Waals surface area contributed by atoms with Crippen molar-refractivity contribution < 1.29 is 23.1 Å². The average molecular weight is 365 g/mol. The molecule has 0 radical (unpaired) electrons. The Morgan fingerprint density at radius 3 is 2.60 bits per heavy atom. The summed E-state index contributed by atoms with van der Waals surface area (Å²) in [5.41, 5.74) is -0.908. The van der Waals surface area contributed by atoms with E-state index in [0.29, 0.717) is 5.56 Å². The van der Waals surface area contributed by atoms with Crippen molar-refractivity contribution in [1.82, 2.24) is 10.3 Å². The zero-order chi connectivity index (χ0) is 18.0. The van der Waals surface area contributed by atoms with Crippen LogP contribution in [0.15, 0.2) is 46.9 Å².